The van der Waals surface area contributed by atoms with Gasteiger partial charge in [-0.3, -0.25) is 10.1 Å². The van der Waals surface area contributed by atoms with Crippen molar-refractivity contribution >= 4 is 29.0 Å². The van der Waals surface area contributed by atoms with Gasteiger partial charge in [0.1, 0.15) is 5.02 Å². The van der Waals surface area contributed by atoms with E-state index in [0.717, 1.165) is 0 Å². The second kappa shape index (κ2) is 5.32. The van der Waals surface area contributed by atoms with Crippen LogP contribution in [0.4, 0.5) is 16.2 Å². The van der Waals surface area contributed by atoms with Crippen LogP contribution in [0, 0.1) is 10.1 Å². The van der Waals surface area contributed by atoms with E-state index in [9.17, 15) is 14.9 Å². The van der Waals surface area contributed by atoms with Gasteiger partial charge in [0.15, 0.2) is 0 Å². The summed E-state index contributed by atoms with van der Waals surface area (Å²) < 4.78 is 0. The minimum absolute atomic E-state index is 0.0337. The first-order chi connectivity index (χ1) is 7.54. The smallest absolute Gasteiger partial charge is 0.319 e. The predicted octanol–water partition coefficient (Wildman–Crippen LogP) is 2.39. The van der Waals surface area contributed by atoms with Crippen LogP contribution in [-0.4, -0.2) is 17.5 Å². The molecule has 0 unspecified atom stereocenters. The summed E-state index contributed by atoms with van der Waals surface area (Å²) in [6.45, 7) is 2.24. The third kappa shape index (κ3) is 3.09. The summed E-state index contributed by atoms with van der Waals surface area (Å²) in [7, 11) is 0. The Bertz CT molecular complexity index is 422. The van der Waals surface area contributed by atoms with E-state index in [1.807, 2.05) is 0 Å². The third-order valence-electron chi connectivity index (χ3n) is 1.74. The van der Waals surface area contributed by atoms with Crippen molar-refractivity contribution in [1.29, 1.82) is 0 Å². The van der Waals surface area contributed by atoms with Crippen molar-refractivity contribution in [3.05, 3.63) is 33.3 Å². The number of halogens is 1. The molecule has 0 aliphatic rings. The molecule has 2 amide bonds. The predicted molar refractivity (Wildman–Crippen MR) is 60.8 cm³/mol. The van der Waals surface area contributed by atoms with Crippen molar-refractivity contribution in [3.8, 4) is 0 Å². The third-order valence-corrected chi connectivity index (χ3v) is 2.06. The molecule has 0 saturated carbocycles. The van der Waals surface area contributed by atoms with Gasteiger partial charge in [-0.15, -0.1) is 0 Å². The van der Waals surface area contributed by atoms with Gasteiger partial charge in [0.05, 0.1) is 4.92 Å². The van der Waals surface area contributed by atoms with Crippen LogP contribution in [-0.2, 0) is 0 Å². The van der Waals surface area contributed by atoms with Crippen LogP contribution in [0.1, 0.15) is 6.92 Å². The highest BCUT2D eigenvalue weighted by Crippen LogP contribution is 2.27. The maximum atomic E-state index is 11.2. The molecule has 86 valence electrons. The zero-order chi connectivity index (χ0) is 12.1. The van der Waals surface area contributed by atoms with Crippen LogP contribution in [0.15, 0.2) is 18.2 Å². The van der Waals surface area contributed by atoms with Gasteiger partial charge in [-0.25, -0.2) is 4.79 Å². The monoisotopic (exact) mass is 243 g/mol. The highest BCUT2D eigenvalue weighted by Gasteiger charge is 2.13. The maximum absolute atomic E-state index is 11.2. The van der Waals surface area contributed by atoms with E-state index < -0.39 is 11.0 Å². The molecule has 0 bridgehead atoms. The van der Waals surface area contributed by atoms with Gasteiger partial charge in [0, 0.05) is 18.3 Å². The van der Waals surface area contributed by atoms with Crippen molar-refractivity contribution in [1.82, 2.24) is 5.32 Å². The van der Waals surface area contributed by atoms with Crippen LogP contribution in [0.3, 0.4) is 0 Å². The Labute approximate surface area is 96.7 Å². The van der Waals surface area contributed by atoms with E-state index in [-0.39, 0.29) is 10.7 Å². The van der Waals surface area contributed by atoms with Gasteiger partial charge < -0.3 is 10.6 Å². The van der Waals surface area contributed by atoms with Gasteiger partial charge >= 0.3 is 6.03 Å². The Kier molecular flexibility index (Phi) is 4.07. The number of nitrogens with one attached hydrogen (secondary N) is 2. The van der Waals surface area contributed by atoms with E-state index >= 15 is 0 Å². The van der Waals surface area contributed by atoms with Crippen molar-refractivity contribution in [3.63, 3.8) is 0 Å². The van der Waals surface area contributed by atoms with E-state index in [2.05, 4.69) is 10.6 Å². The fraction of sp³-hybridized carbons (Fsp3) is 0.222. The lowest BCUT2D eigenvalue weighted by molar-refractivity contribution is -0.384. The summed E-state index contributed by atoms with van der Waals surface area (Å²) in [5.41, 5.74) is 0.0815. The van der Waals surface area contributed by atoms with E-state index in [4.69, 9.17) is 11.6 Å². The lowest BCUT2D eigenvalue weighted by atomic mass is 10.3. The first kappa shape index (κ1) is 12.3. The molecule has 1 aromatic rings. The van der Waals surface area contributed by atoms with Gasteiger partial charge in [0.25, 0.3) is 5.69 Å². The summed E-state index contributed by atoms with van der Waals surface area (Å²) in [5.74, 6) is 0. The van der Waals surface area contributed by atoms with Crippen LogP contribution in [0.2, 0.25) is 5.02 Å². The number of hydrogen-bond donors (Lipinski definition) is 2. The Hall–Kier alpha value is -1.82. The molecule has 2 N–H and O–H groups in total. The summed E-state index contributed by atoms with van der Waals surface area (Å²) in [6, 6.07) is 3.64. The number of nitrogens with zero attached hydrogens (tertiary/aromatic N) is 1. The SMILES string of the molecule is CCNC(=O)Nc1ccc(Cl)c([N+](=O)[O-])c1. The highest BCUT2D eigenvalue weighted by atomic mass is 35.5. The Balaban J connectivity index is 2.87. The minimum Gasteiger partial charge on any atom is -0.338 e. The zero-order valence-corrected chi connectivity index (χ0v) is 9.25. The van der Waals surface area contributed by atoms with Crippen molar-refractivity contribution < 1.29 is 9.72 Å². The normalized spacial score (nSPS) is 9.62. The average molecular weight is 244 g/mol. The van der Waals surface area contributed by atoms with Gasteiger partial charge in [-0.1, -0.05) is 11.6 Å². The Morgan fingerprint density at radius 1 is 1.56 bits per heavy atom. The van der Waals surface area contributed by atoms with Crippen molar-refractivity contribution in [2.45, 2.75) is 6.92 Å². The molecule has 0 fully saturated rings. The lowest BCUT2D eigenvalue weighted by Gasteiger charge is -2.05. The second-order valence-corrected chi connectivity index (χ2v) is 3.31. The quantitative estimate of drug-likeness (QED) is 0.631. The number of carbonyl (C=O) groups is 1. The molecule has 0 radical (unpaired) electrons. The second-order valence-electron chi connectivity index (χ2n) is 2.91. The first-order valence-electron chi connectivity index (χ1n) is 4.53. The molecule has 0 aromatic heterocycles. The van der Waals surface area contributed by atoms with Gasteiger partial charge in [-0.2, -0.15) is 0 Å². The Morgan fingerprint density at radius 2 is 2.25 bits per heavy atom. The zero-order valence-electron chi connectivity index (χ0n) is 8.49. The van der Waals surface area contributed by atoms with Crippen molar-refractivity contribution in [2.75, 3.05) is 11.9 Å². The summed E-state index contributed by atoms with van der Waals surface area (Å²) in [5, 5.41) is 15.6. The molecule has 0 saturated heterocycles. The van der Waals surface area contributed by atoms with E-state index in [0.29, 0.717) is 12.2 Å². The highest BCUT2D eigenvalue weighted by molar-refractivity contribution is 6.32. The summed E-state index contributed by atoms with van der Waals surface area (Å²) >= 11 is 5.62. The first-order valence-corrected chi connectivity index (χ1v) is 4.91. The summed E-state index contributed by atoms with van der Waals surface area (Å²) in [6.07, 6.45) is 0. The molecule has 0 spiro atoms. The molecule has 0 heterocycles. The van der Waals surface area contributed by atoms with E-state index in [1.165, 1.54) is 18.2 Å². The molecular weight excluding hydrogens is 234 g/mol. The summed E-state index contributed by atoms with van der Waals surface area (Å²) in [4.78, 5) is 21.1. The van der Waals surface area contributed by atoms with Crippen molar-refractivity contribution in [2.24, 2.45) is 0 Å². The Morgan fingerprint density at radius 3 is 2.81 bits per heavy atom. The topological polar surface area (TPSA) is 84.3 Å². The van der Waals surface area contributed by atoms with Gasteiger partial charge in [-0.05, 0) is 19.1 Å². The number of urea groups is 1. The molecule has 0 aliphatic carbocycles. The maximum Gasteiger partial charge on any atom is 0.319 e. The molecule has 6 nitrogen and oxygen atoms in total. The standard InChI is InChI=1S/C9H10ClN3O3/c1-2-11-9(14)12-6-3-4-7(10)8(5-6)13(15)16/h3-5H,2H2,1H3,(H2,11,12,14). The molecule has 1 rings (SSSR count). The number of carbonyl (C=O) groups excluding carboxylic acids is 1. The number of nitro benzene ring substituents is 1. The molecule has 7 heteroatoms. The largest absolute Gasteiger partial charge is 0.338 e. The minimum atomic E-state index is -0.606. The van der Waals surface area contributed by atoms with Crippen LogP contribution in [0.25, 0.3) is 0 Å². The number of hydrogen-bond acceptors (Lipinski definition) is 3. The lowest BCUT2D eigenvalue weighted by Crippen LogP contribution is -2.28. The van der Waals surface area contributed by atoms with E-state index in [1.54, 1.807) is 6.92 Å². The molecular formula is C9H10ClN3O3. The van der Waals surface area contributed by atoms with Gasteiger partial charge in [0.2, 0.25) is 0 Å². The fourth-order valence-electron chi connectivity index (χ4n) is 1.07. The number of anilines is 1. The molecule has 1 aromatic carbocycles. The molecule has 0 aliphatic heterocycles. The molecule has 16 heavy (non-hydrogen) atoms. The van der Waals surface area contributed by atoms with Crippen LogP contribution >= 0.6 is 11.6 Å². The number of benzene rings is 1. The number of amides is 2. The average Bonchev–Trinajstić information content (AvgIpc) is 2.21. The molecule has 0 atom stereocenters. The fourth-order valence-corrected chi connectivity index (χ4v) is 1.25. The number of nitro groups is 1. The van der Waals surface area contributed by atoms with Crippen LogP contribution < -0.4 is 10.6 Å². The number of rotatable bonds is 3. The van der Waals surface area contributed by atoms with Crippen LogP contribution in [0.5, 0.6) is 0 Å².